The van der Waals surface area contributed by atoms with Crippen molar-refractivity contribution in [2.75, 3.05) is 7.11 Å². The van der Waals surface area contributed by atoms with E-state index in [1.54, 1.807) is 36.4 Å². The van der Waals surface area contributed by atoms with Gasteiger partial charge in [0.2, 0.25) is 0 Å². The number of halogens is 2. The average Bonchev–Trinajstić information content (AvgIpc) is 2.41. The predicted molar refractivity (Wildman–Crippen MR) is 77.1 cm³/mol. The molecule has 2 aromatic rings. The van der Waals surface area contributed by atoms with Crippen LogP contribution in [0.3, 0.4) is 0 Å². The Hall–Kier alpha value is -1.52. The second kappa shape index (κ2) is 6.08. The number of carbonyl (C=O) groups excluding carboxylic acids is 1. The van der Waals surface area contributed by atoms with Crippen LogP contribution in [-0.2, 0) is 0 Å². The lowest BCUT2D eigenvalue weighted by atomic mass is 10.2. The molecule has 0 aliphatic rings. The normalized spacial score (nSPS) is 10.1. The van der Waals surface area contributed by atoms with Crippen molar-refractivity contribution < 1.29 is 14.3 Å². The van der Waals surface area contributed by atoms with Crippen molar-refractivity contribution in [1.29, 1.82) is 0 Å². The molecule has 0 aromatic heterocycles. The molecule has 0 radical (unpaired) electrons. The Morgan fingerprint density at radius 1 is 1.16 bits per heavy atom. The molecule has 0 N–H and O–H groups in total. The van der Waals surface area contributed by atoms with Crippen LogP contribution in [-0.4, -0.2) is 13.1 Å². The van der Waals surface area contributed by atoms with Gasteiger partial charge in [-0.3, -0.25) is 0 Å². The van der Waals surface area contributed by atoms with Gasteiger partial charge in [0.25, 0.3) is 0 Å². The largest absolute Gasteiger partial charge is 0.496 e. The molecule has 2 rings (SSSR count). The van der Waals surface area contributed by atoms with Crippen LogP contribution in [0.15, 0.2) is 46.9 Å². The molecule has 0 saturated heterocycles. The molecule has 0 atom stereocenters. The standard InChI is InChI=1S/C14H10BrClO3/c1-18-13-7-4-10(16)8-12(13)14(17)19-11-5-2-9(15)3-6-11/h2-8H,1H3. The Balaban J connectivity index is 2.24. The smallest absolute Gasteiger partial charge is 0.347 e. The minimum absolute atomic E-state index is 0.290. The fraction of sp³-hybridized carbons (Fsp3) is 0.0714. The highest BCUT2D eigenvalue weighted by atomic mass is 79.9. The molecule has 19 heavy (non-hydrogen) atoms. The van der Waals surface area contributed by atoms with Crippen LogP contribution in [0, 0.1) is 0 Å². The van der Waals surface area contributed by atoms with Crippen LogP contribution >= 0.6 is 27.5 Å². The molecular formula is C14H10BrClO3. The molecule has 98 valence electrons. The number of ether oxygens (including phenoxy) is 2. The monoisotopic (exact) mass is 340 g/mol. The Morgan fingerprint density at radius 3 is 2.47 bits per heavy atom. The lowest BCUT2D eigenvalue weighted by molar-refractivity contribution is 0.0731. The molecule has 2 aromatic carbocycles. The van der Waals surface area contributed by atoms with Crippen LogP contribution in [0.4, 0.5) is 0 Å². The van der Waals surface area contributed by atoms with Gasteiger partial charge in [-0.2, -0.15) is 0 Å². The number of carbonyl (C=O) groups is 1. The van der Waals surface area contributed by atoms with Gasteiger partial charge in [0, 0.05) is 9.50 Å². The van der Waals surface area contributed by atoms with Crippen LogP contribution in [0.25, 0.3) is 0 Å². The van der Waals surface area contributed by atoms with Gasteiger partial charge in [0.15, 0.2) is 0 Å². The molecule has 0 aliphatic carbocycles. The van der Waals surface area contributed by atoms with E-state index in [1.165, 1.54) is 13.2 Å². The highest BCUT2D eigenvalue weighted by Crippen LogP contribution is 2.25. The molecule has 3 nitrogen and oxygen atoms in total. The Morgan fingerprint density at radius 2 is 1.84 bits per heavy atom. The first-order chi connectivity index (χ1) is 9.10. The summed E-state index contributed by atoms with van der Waals surface area (Å²) < 4.78 is 11.3. The molecule has 0 amide bonds. The minimum atomic E-state index is -0.512. The number of rotatable bonds is 3. The third kappa shape index (κ3) is 3.49. The lowest BCUT2D eigenvalue weighted by Gasteiger charge is -2.08. The number of hydrogen-bond donors (Lipinski definition) is 0. The van der Waals surface area contributed by atoms with Crippen molar-refractivity contribution in [2.24, 2.45) is 0 Å². The van der Waals surface area contributed by atoms with Gasteiger partial charge in [-0.05, 0) is 42.5 Å². The SMILES string of the molecule is COc1ccc(Cl)cc1C(=O)Oc1ccc(Br)cc1. The van der Waals surface area contributed by atoms with E-state index in [0.717, 1.165) is 4.47 Å². The van der Waals surface area contributed by atoms with Gasteiger partial charge in [-0.25, -0.2) is 4.79 Å². The molecule has 0 heterocycles. The van der Waals surface area contributed by atoms with Gasteiger partial charge in [0.05, 0.1) is 7.11 Å². The van der Waals surface area contributed by atoms with Gasteiger partial charge in [-0.15, -0.1) is 0 Å². The van der Waals surface area contributed by atoms with Crippen LogP contribution < -0.4 is 9.47 Å². The molecule has 0 unspecified atom stereocenters. The summed E-state index contributed by atoms with van der Waals surface area (Å²) >= 11 is 9.18. The van der Waals surface area contributed by atoms with Crippen molar-refractivity contribution in [1.82, 2.24) is 0 Å². The van der Waals surface area contributed by atoms with E-state index in [1.807, 2.05) is 0 Å². The van der Waals surface area contributed by atoms with E-state index < -0.39 is 5.97 Å². The molecule has 0 saturated carbocycles. The molecule has 0 spiro atoms. The Bertz CT molecular complexity index is 596. The van der Waals surface area contributed by atoms with E-state index in [9.17, 15) is 4.79 Å². The molecular weight excluding hydrogens is 332 g/mol. The molecule has 0 aliphatic heterocycles. The van der Waals surface area contributed by atoms with Gasteiger partial charge in [-0.1, -0.05) is 27.5 Å². The first-order valence-corrected chi connectivity index (χ1v) is 6.58. The number of esters is 1. The van der Waals surface area contributed by atoms with E-state index in [-0.39, 0.29) is 5.56 Å². The van der Waals surface area contributed by atoms with E-state index in [4.69, 9.17) is 21.1 Å². The van der Waals surface area contributed by atoms with Crippen molar-refractivity contribution in [3.05, 3.63) is 57.5 Å². The van der Waals surface area contributed by atoms with Gasteiger partial charge < -0.3 is 9.47 Å². The van der Waals surface area contributed by atoms with Crippen LogP contribution in [0.2, 0.25) is 5.02 Å². The van der Waals surface area contributed by atoms with Crippen LogP contribution in [0.5, 0.6) is 11.5 Å². The summed E-state index contributed by atoms with van der Waals surface area (Å²) in [7, 11) is 1.49. The highest BCUT2D eigenvalue weighted by Gasteiger charge is 2.15. The maximum Gasteiger partial charge on any atom is 0.347 e. The lowest BCUT2D eigenvalue weighted by Crippen LogP contribution is -2.10. The highest BCUT2D eigenvalue weighted by molar-refractivity contribution is 9.10. The second-order valence-corrected chi connectivity index (χ2v) is 5.04. The van der Waals surface area contributed by atoms with Crippen molar-refractivity contribution in [3.8, 4) is 11.5 Å². The summed E-state index contributed by atoms with van der Waals surface area (Å²) in [6.45, 7) is 0. The summed E-state index contributed by atoms with van der Waals surface area (Å²) in [4.78, 5) is 12.1. The summed E-state index contributed by atoms with van der Waals surface area (Å²) in [6.07, 6.45) is 0. The summed E-state index contributed by atoms with van der Waals surface area (Å²) in [6, 6.07) is 11.8. The Labute approximate surface area is 124 Å². The van der Waals surface area contributed by atoms with Crippen molar-refractivity contribution >= 4 is 33.5 Å². The minimum Gasteiger partial charge on any atom is -0.496 e. The van der Waals surface area contributed by atoms with Crippen molar-refractivity contribution in [3.63, 3.8) is 0 Å². The maximum absolute atomic E-state index is 12.1. The van der Waals surface area contributed by atoms with Crippen LogP contribution in [0.1, 0.15) is 10.4 Å². The Kier molecular flexibility index (Phi) is 4.45. The van der Waals surface area contributed by atoms with E-state index >= 15 is 0 Å². The fourth-order valence-corrected chi connectivity index (χ4v) is 1.94. The first kappa shape index (κ1) is 13.9. The molecule has 5 heteroatoms. The number of methoxy groups -OCH3 is 1. The number of benzene rings is 2. The summed E-state index contributed by atoms with van der Waals surface area (Å²) in [5, 5.41) is 0.448. The van der Waals surface area contributed by atoms with Gasteiger partial charge in [0.1, 0.15) is 17.1 Å². The maximum atomic E-state index is 12.1. The molecule has 0 bridgehead atoms. The quantitative estimate of drug-likeness (QED) is 0.616. The average molecular weight is 342 g/mol. The van der Waals surface area contributed by atoms with Crippen molar-refractivity contribution in [2.45, 2.75) is 0 Å². The predicted octanol–water partition coefficient (Wildman–Crippen LogP) is 4.33. The third-order valence-corrected chi connectivity index (χ3v) is 3.17. The third-order valence-electron chi connectivity index (χ3n) is 2.41. The zero-order valence-corrected chi connectivity index (χ0v) is 12.4. The van der Waals surface area contributed by atoms with E-state index in [0.29, 0.717) is 16.5 Å². The summed E-state index contributed by atoms with van der Waals surface area (Å²) in [5.74, 6) is 0.364. The molecule has 0 fully saturated rings. The summed E-state index contributed by atoms with van der Waals surface area (Å²) in [5.41, 5.74) is 0.290. The van der Waals surface area contributed by atoms with E-state index in [2.05, 4.69) is 15.9 Å². The van der Waals surface area contributed by atoms with Gasteiger partial charge >= 0.3 is 5.97 Å². The number of hydrogen-bond acceptors (Lipinski definition) is 3. The first-order valence-electron chi connectivity index (χ1n) is 5.41. The zero-order chi connectivity index (χ0) is 13.8. The second-order valence-electron chi connectivity index (χ2n) is 3.69. The fourth-order valence-electron chi connectivity index (χ4n) is 1.50. The topological polar surface area (TPSA) is 35.5 Å². The zero-order valence-electron chi connectivity index (χ0n) is 10.0.